The molecule has 0 aliphatic carbocycles. The zero-order valence-electron chi connectivity index (χ0n) is 9.17. The Hall–Kier alpha value is -1.50. The lowest BCUT2D eigenvalue weighted by atomic mass is 10.7. The fourth-order valence-corrected chi connectivity index (χ4v) is 3.08. The summed E-state index contributed by atoms with van der Waals surface area (Å²) in [6, 6.07) is 0. The molecule has 0 atom stereocenters. The molecule has 0 saturated heterocycles. The first kappa shape index (κ1) is 13.6. The van der Waals surface area contributed by atoms with Crippen LogP contribution in [-0.2, 0) is 14.8 Å². The van der Waals surface area contributed by atoms with Crippen LogP contribution in [0.4, 0.5) is 5.13 Å². The molecule has 1 amide bonds. The van der Waals surface area contributed by atoms with Crippen LogP contribution in [-0.4, -0.2) is 42.4 Å². The number of rotatable bonds is 4. The summed E-state index contributed by atoms with van der Waals surface area (Å²) < 4.78 is 24.5. The van der Waals surface area contributed by atoms with E-state index >= 15 is 0 Å². The van der Waals surface area contributed by atoms with Crippen molar-refractivity contribution in [2.75, 3.05) is 18.9 Å². The molecule has 0 aliphatic rings. The number of hydrogen-bond donors (Lipinski definition) is 1. The van der Waals surface area contributed by atoms with Crippen LogP contribution in [0.3, 0.4) is 0 Å². The molecule has 1 aromatic rings. The molecule has 0 fully saturated rings. The number of nitrogens with zero attached hydrogens (tertiary/aromatic N) is 3. The molecule has 1 rings (SSSR count). The van der Waals surface area contributed by atoms with E-state index in [4.69, 9.17) is 6.42 Å². The molecule has 0 unspecified atom stereocenters. The molecule has 1 heterocycles. The Bertz CT molecular complexity index is 558. The van der Waals surface area contributed by atoms with E-state index in [0.717, 1.165) is 15.6 Å². The SMILES string of the molecule is C#CCN(C)S(=O)(=O)c1nnc(NC(C)=O)s1. The highest BCUT2D eigenvalue weighted by Crippen LogP contribution is 2.22. The number of hydrogen-bond acceptors (Lipinski definition) is 6. The van der Waals surface area contributed by atoms with Gasteiger partial charge in [0.15, 0.2) is 0 Å². The van der Waals surface area contributed by atoms with Crippen LogP contribution >= 0.6 is 11.3 Å². The van der Waals surface area contributed by atoms with Crippen molar-refractivity contribution >= 4 is 32.4 Å². The first-order valence-corrected chi connectivity index (χ1v) is 6.64. The van der Waals surface area contributed by atoms with Gasteiger partial charge < -0.3 is 5.32 Å². The molecule has 0 aliphatic heterocycles. The van der Waals surface area contributed by atoms with E-state index in [2.05, 4.69) is 21.4 Å². The van der Waals surface area contributed by atoms with Crippen molar-refractivity contribution in [3.63, 3.8) is 0 Å². The summed E-state index contributed by atoms with van der Waals surface area (Å²) in [5, 5.41) is 9.52. The number of anilines is 1. The number of amides is 1. The largest absolute Gasteiger partial charge is 0.301 e. The Balaban J connectivity index is 2.97. The van der Waals surface area contributed by atoms with Crippen LogP contribution in [0, 0.1) is 12.3 Å². The van der Waals surface area contributed by atoms with Gasteiger partial charge >= 0.3 is 0 Å². The number of aromatic nitrogens is 2. The first-order valence-electron chi connectivity index (χ1n) is 4.39. The highest BCUT2D eigenvalue weighted by molar-refractivity contribution is 7.91. The Morgan fingerprint density at radius 1 is 1.59 bits per heavy atom. The average Bonchev–Trinajstić information content (AvgIpc) is 2.66. The van der Waals surface area contributed by atoms with E-state index in [9.17, 15) is 13.2 Å². The second kappa shape index (κ2) is 5.22. The second-order valence-corrected chi connectivity index (χ2v) is 6.22. The van der Waals surface area contributed by atoms with Crippen molar-refractivity contribution in [3.8, 4) is 12.3 Å². The molecule has 0 saturated carbocycles. The summed E-state index contributed by atoms with van der Waals surface area (Å²) in [6.45, 7) is 1.23. The quantitative estimate of drug-likeness (QED) is 0.604. The molecule has 7 nitrogen and oxygen atoms in total. The molecule has 0 bridgehead atoms. The summed E-state index contributed by atoms with van der Waals surface area (Å²) in [6.07, 6.45) is 5.03. The third-order valence-electron chi connectivity index (χ3n) is 1.63. The molecular weight excluding hydrogens is 264 g/mol. The zero-order valence-corrected chi connectivity index (χ0v) is 10.8. The highest BCUT2D eigenvalue weighted by atomic mass is 32.2. The van der Waals surface area contributed by atoms with Gasteiger partial charge in [0, 0.05) is 14.0 Å². The topological polar surface area (TPSA) is 92.3 Å². The fourth-order valence-electron chi connectivity index (χ4n) is 0.862. The summed E-state index contributed by atoms with van der Waals surface area (Å²) >= 11 is 0.770. The molecule has 1 aromatic heterocycles. The first-order chi connectivity index (χ1) is 7.87. The second-order valence-electron chi connectivity index (χ2n) is 3.02. The van der Waals surface area contributed by atoms with Gasteiger partial charge in [-0.05, 0) is 0 Å². The highest BCUT2D eigenvalue weighted by Gasteiger charge is 2.25. The lowest BCUT2D eigenvalue weighted by Crippen LogP contribution is -2.27. The van der Waals surface area contributed by atoms with E-state index in [0.29, 0.717) is 0 Å². The molecule has 0 spiro atoms. The lowest BCUT2D eigenvalue weighted by Gasteiger charge is -2.10. The van der Waals surface area contributed by atoms with Crippen molar-refractivity contribution in [1.82, 2.24) is 14.5 Å². The smallest absolute Gasteiger partial charge is 0.272 e. The lowest BCUT2D eigenvalue weighted by molar-refractivity contribution is -0.114. The van der Waals surface area contributed by atoms with Crippen molar-refractivity contribution in [2.45, 2.75) is 11.3 Å². The normalized spacial score (nSPS) is 11.2. The number of carbonyl (C=O) groups is 1. The van der Waals surface area contributed by atoms with E-state index in [-0.39, 0.29) is 21.9 Å². The van der Waals surface area contributed by atoms with Crippen LogP contribution in [0.5, 0.6) is 0 Å². The van der Waals surface area contributed by atoms with E-state index in [1.165, 1.54) is 14.0 Å². The minimum Gasteiger partial charge on any atom is -0.301 e. The molecule has 92 valence electrons. The van der Waals surface area contributed by atoms with Gasteiger partial charge in [-0.1, -0.05) is 17.3 Å². The summed E-state index contributed by atoms with van der Waals surface area (Å²) in [7, 11) is -2.39. The fraction of sp³-hybridized carbons (Fsp3) is 0.375. The Morgan fingerprint density at radius 3 is 2.76 bits per heavy atom. The molecule has 1 N–H and O–H groups in total. The van der Waals surface area contributed by atoms with Gasteiger partial charge in [-0.2, -0.15) is 4.31 Å². The van der Waals surface area contributed by atoms with Gasteiger partial charge in [0.2, 0.25) is 15.4 Å². The van der Waals surface area contributed by atoms with Crippen molar-refractivity contribution in [3.05, 3.63) is 0 Å². The number of nitrogens with one attached hydrogen (secondary N) is 1. The van der Waals surface area contributed by atoms with E-state index < -0.39 is 10.0 Å². The van der Waals surface area contributed by atoms with E-state index in [1.54, 1.807) is 0 Å². The maximum atomic E-state index is 11.8. The van der Waals surface area contributed by atoms with Crippen molar-refractivity contribution in [1.29, 1.82) is 0 Å². The van der Waals surface area contributed by atoms with E-state index in [1.807, 2.05) is 0 Å². The Kier molecular flexibility index (Phi) is 4.17. The number of sulfonamides is 1. The van der Waals surface area contributed by atoms with Crippen LogP contribution in [0.15, 0.2) is 4.34 Å². The van der Waals surface area contributed by atoms with Crippen LogP contribution in [0.2, 0.25) is 0 Å². The number of terminal acetylenes is 1. The third-order valence-corrected chi connectivity index (χ3v) is 4.62. The summed E-state index contributed by atoms with van der Waals surface area (Å²) in [5.41, 5.74) is 0. The van der Waals surface area contributed by atoms with Gasteiger partial charge in [0.1, 0.15) is 0 Å². The molecule has 0 aromatic carbocycles. The van der Waals surface area contributed by atoms with Crippen LogP contribution in [0.25, 0.3) is 0 Å². The standard InChI is InChI=1S/C8H10N4O3S2/c1-4-5-12(3)17(14,15)8-11-10-7(16-8)9-6(2)13/h1H,5H2,2-3H3,(H,9,10,13). The number of carbonyl (C=O) groups excluding carboxylic acids is 1. The minimum absolute atomic E-state index is 0.0582. The Morgan fingerprint density at radius 2 is 2.24 bits per heavy atom. The molecular formula is C8H10N4O3S2. The van der Waals surface area contributed by atoms with Gasteiger partial charge in [-0.15, -0.1) is 16.6 Å². The van der Waals surface area contributed by atoms with Crippen molar-refractivity contribution in [2.24, 2.45) is 0 Å². The average molecular weight is 274 g/mol. The maximum absolute atomic E-state index is 11.8. The maximum Gasteiger partial charge on any atom is 0.272 e. The predicted octanol–water partition coefficient (Wildman–Crippen LogP) is -0.250. The summed E-state index contributed by atoms with van der Waals surface area (Å²) in [4.78, 5) is 10.7. The molecule has 0 radical (unpaired) electrons. The summed E-state index contributed by atoms with van der Waals surface area (Å²) in [5.74, 6) is 1.87. The third kappa shape index (κ3) is 3.23. The predicted molar refractivity (Wildman–Crippen MR) is 62.9 cm³/mol. The monoisotopic (exact) mass is 274 g/mol. The Labute approximate surface area is 103 Å². The molecule has 17 heavy (non-hydrogen) atoms. The minimum atomic E-state index is -3.73. The van der Waals surface area contributed by atoms with Gasteiger partial charge in [-0.25, -0.2) is 8.42 Å². The van der Waals surface area contributed by atoms with Gasteiger partial charge in [0.25, 0.3) is 10.0 Å². The van der Waals surface area contributed by atoms with Crippen molar-refractivity contribution < 1.29 is 13.2 Å². The van der Waals surface area contributed by atoms with Gasteiger partial charge in [0.05, 0.1) is 6.54 Å². The zero-order chi connectivity index (χ0) is 13.1. The van der Waals surface area contributed by atoms with Crippen LogP contribution < -0.4 is 5.32 Å². The van der Waals surface area contributed by atoms with Crippen LogP contribution in [0.1, 0.15) is 6.92 Å². The molecule has 9 heteroatoms. The van der Waals surface area contributed by atoms with Gasteiger partial charge in [-0.3, -0.25) is 4.79 Å².